The highest BCUT2D eigenvalue weighted by atomic mass is 19.4. The van der Waals surface area contributed by atoms with E-state index in [-0.39, 0.29) is 5.56 Å². The molecule has 0 amide bonds. The molecule has 0 saturated carbocycles. The molecular formula is C10H6F4O2. The van der Waals surface area contributed by atoms with Crippen LogP contribution in [0.1, 0.15) is 11.1 Å². The quantitative estimate of drug-likeness (QED) is 0.631. The molecule has 0 aliphatic carbocycles. The lowest BCUT2D eigenvalue weighted by atomic mass is 10.1. The van der Waals surface area contributed by atoms with Crippen LogP contribution in [-0.4, -0.2) is 11.1 Å². The normalized spacial score (nSPS) is 12.0. The monoisotopic (exact) mass is 234 g/mol. The number of halogens is 4. The van der Waals surface area contributed by atoms with Crippen LogP contribution >= 0.6 is 0 Å². The van der Waals surface area contributed by atoms with Crippen LogP contribution in [0.4, 0.5) is 17.6 Å². The Morgan fingerprint density at radius 1 is 1.31 bits per heavy atom. The van der Waals surface area contributed by atoms with Gasteiger partial charge in [0.15, 0.2) is 0 Å². The Labute approximate surface area is 87.8 Å². The maximum atomic E-state index is 13.1. The molecule has 0 saturated heterocycles. The zero-order valence-electron chi connectivity index (χ0n) is 7.75. The Morgan fingerprint density at radius 2 is 1.94 bits per heavy atom. The van der Waals surface area contributed by atoms with Crippen molar-refractivity contribution in [3.63, 3.8) is 0 Å². The summed E-state index contributed by atoms with van der Waals surface area (Å²) in [5.74, 6) is -2.42. The zero-order chi connectivity index (χ0) is 12.3. The van der Waals surface area contributed by atoms with Gasteiger partial charge in [-0.3, -0.25) is 0 Å². The molecule has 0 atom stereocenters. The number of hydrogen-bond donors (Lipinski definition) is 1. The van der Waals surface area contributed by atoms with E-state index >= 15 is 0 Å². The molecule has 1 rings (SSSR count). The largest absolute Gasteiger partial charge is 0.478 e. The molecule has 0 spiro atoms. The minimum Gasteiger partial charge on any atom is -0.478 e. The van der Waals surface area contributed by atoms with E-state index in [1.165, 1.54) is 0 Å². The summed E-state index contributed by atoms with van der Waals surface area (Å²) in [5, 5.41) is 8.26. The van der Waals surface area contributed by atoms with Crippen molar-refractivity contribution in [1.29, 1.82) is 0 Å². The second-order valence-electron chi connectivity index (χ2n) is 2.91. The molecule has 0 aliphatic rings. The fraction of sp³-hybridized carbons (Fsp3) is 0.100. The minimum absolute atomic E-state index is 0.213. The van der Waals surface area contributed by atoms with Crippen LogP contribution in [0, 0.1) is 5.82 Å². The van der Waals surface area contributed by atoms with Crippen LogP contribution in [0.2, 0.25) is 0 Å². The third kappa shape index (κ3) is 3.08. The van der Waals surface area contributed by atoms with Gasteiger partial charge in [0.1, 0.15) is 5.82 Å². The number of benzene rings is 1. The van der Waals surface area contributed by atoms with E-state index in [0.29, 0.717) is 18.2 Å². The van der Waals surface area contributed by atoms with Gasteiger partial charge in [-0.05, 0) is 18.2 Å². The highest BCUT2D eigenvalue weighted by Crippen LogP contribution is 2.30. The van der Waals surface area contributed by atoms with Crippen molar-refractivity contribution in [3.05, 3.63) is 41.2 Å². The van der Waals surface area contributed by atoms with Gasteiger partial charge < -0.3 is 5.11 Å². The van der Waals surface area contributed by atoms with E-state index in [1.54, 1.807) is 0 Å². The summed E-state index contributed by atoms with van der Waals surface area (Å²) in [6, 6.07) is 1.88. The third-order valence-corrected chi connectivity index (χ3v) is 1.73. The zero-order valence-corrected chi connectivity index (χ0v) is 7.75. The van der Waals surface area contributed by atoms with E-state index in [0.717, 1.165) is 12.1 Å². The molecule has 1 N–H and O–H groups in total. The summed E-state index contributed by atoms with van der Waals surface area (Å²) in [7, 11) is 0. The second kappa shape index (κ2) is 4.34. The first-order valence-corrected chi connectivity index (χ1v) is 4.08. The van der Waals surface area contributed by atoms with Crippen molar-refractivity contribution in [1.82, 2.24) is 0 Å². The predicted molar refractivity (Wildman–Crippen MR) is 48.1 cm³/mol. The topological polar surface area (TPSA) is 37.3 Å². The molecule has 0 aromatic heterocycles. The average molecular weight is 234 g/mol. The summed E-state index contributed by atoms with van der Waals surface area (Å²) in [6.45, 7) is 0. The van der Waals surface area contributed by atoms with Crippen molar-refractivity contribution in [2.24, 2.45) is 0 Å². The van der Waals surface area contributed by atoms with E-state index in [2.05, 4.69) is 0 Å². The molecule has 86 valence electrons. The van der Waals surface area contributed by atoms with E-state index in [9.17, 15) is 22.4 Å². The Kier molecular flexibility index (Phi) is 3.31. The third-order valence-electron chi connectivity index (χ3n) is 1.73. The Morgan fingerprint density at radius 3 is 2.38 bits per heavy atom. The van der Waals surface area contributed by atoms with Gasteiger partial charge in [0.05, 0.1) is 5.56 Å². The van der Waals surface area contributed by atoms with Crippen molar-refractivity contribution >= 4 is 12.0 Å². The maximum absolute atomic E-state index is 13.1. The van der Waals surface area contributed by atoms with Crippen molar-refractivity contribution in [2.45, 2.75) is 6.18 Å². The fourth-order valence-electron chi connectivity index (χ4n) is 1.000. The Bertz CT molecular complexity index is 435. The SMILES string of the molecule is O=C(O)/C=C\c1ccc(C(F)(F)F)cc1F. The van der Waals surface area contributed by atoms with Gasteiger partial charge in [-0.1, -0.05) is 6.07 Å². The van der Waals surface area contributed by atoms with Crippen molar-refractivity contribution in [2.75, 3.05) is 0 Å². The van der Waals surface area contributed by atoms with Crippen molar-refractivity contribution < 1.29 is 27.5 Å². The lowest BCUT2D eigenvalue weighted by Gasteiger charge is -2.07. The Balaban J connectivity index is 3.05. The van der Waals surface area contributed by atoms with E-state index in [1.807, 2.05) is 0 Å². The lowest BCUT2D eigenvalue weighted by molar-refractivity contribution is -0.137. The molecule has 1 aromatic rings. The molecule has 16 heavy (non-hydrogen) atoms. The Hall–Kier alpha value is -1.85. The smallest absolute Gasteiger partial charge is 0.416 e. The van der Waals surface area contributed by atoms with Gasteiger partial charge in [-0.2, -0.15) is 13.2 Å². The number of carbonyl (C=O) groups is 1. The highest BCUT2D eigenvalue weighted by molar-refractivity contribution is 5.85. The van der Waals surface area contributed by atoms with Gasteiger partial charge in [0, 0.05) is 11.6 Å². The van der Waals surface area contributed by atoms with Gasteiger partial charge in [0.25, 0.3) is 0 Å². The van der Waals surface area contributed by atoms with Crippen LogP contribution < -0.4 is 0 Å². The molecule has 0 heterocycles. The number of hydrogen-bond acceptors (Lipinski definition) is 1. The lowest BCUT2D eigenvalue weighted by Crippen LogP contribution is -2.05. The fourth-order valence-corrected chi connectivity index (χ4v) is 1.000. The molecule has 0 bridgehead atoms. The van der Waals surface area contributed by atoms with Gasteiger partial charge in [-0.25, -0.2) is 9.18 Å². The number of alkyl halides is 3. The molecule has 0 unspecified atom stereocenters. The van der Waals surface area contributed by atoms with Crippen molar-refractivity contribution in [3.8, 4) is 0 Å². The van der Waals surface area contributed by atoms with E-state index < -0.39 is 23.5 Å². The van der Waals surface area contributed by atoms with Crippen LogP contribution in [0.15, 0.2) is 24.3 Å². The molecular weight excluding hydrogens is 228 g/mol. The molecule has 6 heteroatoms. The molecule has 0 radical (unpaired) electrons. The minimum atomic E-state index is -4.62. The van der Waals surface area contributed by atoms with Gasteiger partial charge >= 0.3 is 12.1 Å². The molecule has 0 aliphatic heterocycles. The maximum Gasteiger partial charge on any atom is 0.416 e. The number of rotatable bonds is 2. The summed E-state index contributed by atoms with van der Waals surface area (Å²) < 4.78 is 49.5. The van der Waals surface area contributed by atoms with Gasteiger partial charge in [0.2, 0.25) is 0 Å². The van der Waals surface area contributed by atoms with Crippen LogP contribution in [0.25, 0.3) is 6.08 Å². The summed E-state index contributed by atoms with van der Waals surface area (Å²) >= 11 is 0. The molecule has 1 aromatic carbocycles. The van der Waals surface area contributed by atoms with E-state index in [4.69, 9.17) is 5.11 Å². The van der Waals surface area contributed by atoms with Gasteiger partial charge in [-0.15, -0.1) is 0 Å². The number of carboxylic acid groups (broad SMARTS) is 1. The van der Waals surface area contributed by atoms with Crippen LogP contribution in [0.5, 0.6) is 0 Å². The second-order valence-corrected chi connectivity index (χ2v) is 2.91. The first-order chi connectivity index (χ1) is 7.30. The summed E-state index contributed by atoms with van der Waals surface area (Å²) in [6.07, 6.45) is -3.08. The highest BCUT2D eigenvalue weighted by Gasteiger charge is 2.30. The van der Waals surface area contributed by atoms with Crippen LogP contribution in [-0.2, 0) is 11.0 Å². The average Bonchev–Trinajstić information content (AvgIpc) is 2.14. The summed E-state index contributed by atoms with van der Waals surface area (Å²) in [5.41, 5.74) is -1.33. The number of carboxylic acids is 1. The standard InChI is InChI=1S/C10H6F4O2/c11-8-5-7(10(12,13)14)3-1-6(8)2-4-9(15)16/h1-5H,(H,15,16)/b4-2-. The summed E-state index contributed by atoms with van der Waals surface area (Å²) in [4.78, 5) is 10.1. The first kappa shape index (κ1) is 12.2. The first-order valence-electron chi connectivity index (χ1n) is 4.08. The number of aliphatic carboxylic acids is 1. The molecule has 0 fully saturated rings. The molecule has 2 nitrogen and oxygen atoms in total. The predicted octanol–water partition coefficient (Wildman–Crippen LogP) is 2.94. The van der Waals surface area contributed by atoms with Crippen LogP contribution in [0.3, 0.4) is 0 Å².